The van der Waals surface area contributed by atoms with Crippen LogP contribution in [-0.4, -0.2) is 59.0 Å². The fourth-order valence-electron chi connectivity index (χ4n) is 3.81. The number of hydrogen-bond donors (Lipinski definition) is 1. The van der Waals surface area contributed by atoms with Crippen LogP contribution in [0.1, 0.15) is 19.4 Å². The molecule has 0 spiro atoms. The molecular weight excluding hydrogens is 411 g/mol. The summed E-state index contributed by atoms with van der Waals surface area (Å²) in [6, 6.07) is 4.43. The van der Waals surface area contributed by atoms with Crippen molar-refractivity contribution in [2.45, 2.75) is 25.5 Å². The van der Waals surface area contributed by atoms with Gasteiger partial charge in [-0.3, -0.25) is 24.5 Å². The Morgan fingerprint density at radius 2 is 2.23 bits per heavy atom. The highest BCUT2D eigenvalue weighted by Crippen LogP contribution is 2.32. The van der Waals surface area contributed by atoms with Crippen LogP contribution < -0.4 is 15.1 Å². The number of carbonyl (C=O) groups is 2. The zero-order valence-electron chi connectivity index (χ0n) is 16.7. The Labute approximate surface area is 176 Å². The zero-order valence-corrected chi connectivity index (χ0v) is 16.7. The highest BCUT2D eigenvalue weighted by molar-refractivity contribution is 5.90. The van der Waals surface area contributed by atoms with E-state index >= 15 is 0 Å². The number of carbonyl (C=O) groups excluding carboxylic acids is 2. The molecule has 12 heteroatoms. The van der Waals surface area contributed by atoms with E-state index in [0.717, 1.165) is 0 Å². The van der Waals surface area contributed by atoms with Crippen molar-refractivity contribution in [1.29, 1.82) is 0 Å². The zero-order chi connectivity index (χ0) is 22.1. The minimum Gasteiger partial charge on any atom is -0.442 e. The molecule has 2 amide bonds. The van der Waals surface area contributed by atoms with Gasteiger partial charge in [-0.2, -0.15) is 5.10 Å². The van der Waals surface area contributed by atoms with Crippen LogP contribution in [0.25, 0.3) is 0 Å². The maximum Gasteiger partial charge on any atom is 0.414 e. The molecule has 1 unspecified atom stereocenters. The van der Waals surface area contributed by atoms with Gasteiger partial charge in [-0.25, -0.2) is 9.18 Å². The fraction of sp³-hybridized carbons (Fsp3) is 0.421. The highest BCUT2D eigenvalue weighted by atomic mass is 19.1. The molecule has 2 aliphatic rings. The maximum atomic E-state index is 14.9. The largest absolute Gasteiger partial charge is 0.442 e. The monoisotopic (exact) mass is 432 g/mol. The summed E-state index contributed by atoms with van der Waals surface area (Å²) in [7, 11) is 0. The van der Waals surface area contributed by atoms with Gasteiger partial charge < -0.3 is 15.0 Å². The van der Waals surface area contributed by atoms with Crippen LogP contribution in [0.3, 0.4) is 0 Å². The minimum absolute atomic E-state index is 0.0803. The van der Waals surface area contributed by atoms with Gasteiger partial charge in [0.25, 0.3) is 0 Å². The average Bonchev–Trinajstić information content (AvgIpc) is 3.45. The first-order valence-electron chi connectivity index (χ1n) is 9.77. The van der Waals surface area contributed by atoms with Crippen LogP contribution >= 0.6 is 0 Å². The standard InChI is InChI=1S/C19H21FN6O5/c1-12(27)21-8-16-11-24(19(28)31-16)13-2-3-18(17(20)6-13)23-5-4-14(9-23)25-10-15(7-22-25)26(29)30/h2-3,6-7,10,14,16H,4-5,8-9,11H2,1H3,(H,21,27)/t14?,16-/m0/s1. The summed E-state index contributed by atoms with van der Waals surface area (Å²) in [6.45, 7) is 2.80. The van der Waals surface area contributed by atoms with E-state index in [1.807, 2.05) is 4.90 Å². The second-order valence-corrected chi connectivity index (χ2v) is 7.51. The number of ether oxygens (including phenoxy) is 1. The van der Waals surface area contributed by atoms with E-state index < -0.39 is 22.9 Å². The molecule has 3 heterocycles. The Morgan fingerprint density at radius 1 is 1.42 bits per heavy atom. The summed E-state index contributed by atoms with van der Waals surface area (Å²) in [6.07, 6.45) is 2.15. The van der Waals surface area contributed by atoms with Crippen LogP contribution in [0, 0.1) is 15.9 Å². The minimum atomic E-state index is -0.594. The van der Waals surface area contributed by atoms with Crippen LogP contribution in [-0.2, 0) is 9.53 Å². The Hall–Kier alpha value is -3.70. The molecule has 164 valence electrons. The first kappa shape index (κ1) is 20.6. The molecule has 1 N–H and O–H groups in total. The number of aromatic nitrogens is 2. The fourth-order valence-corrected chi connectivity index (χ4v) is 3.81. The molecule has 11 nitrogen and oxygen atoms in total. The molecule has 0 saturated carbocycles. The van der Waals surface area contributed by atoms with E-state index in [0.29, 0.717) is 30.9 Å². The van der Waals surface area contributed by atoms with Gasteiger partial charge in [-0.1, -0.05) is 0 Å². The second-order valence-electron chi connectivity index (χ2n) is 7.51. The molecule has 0 aliphatic carbocycles. The van der Waals surface area contributed by atoms with Gasteiger partial charge >= 0.3 is 11.8 Å². The van der Waals surface area contributed by atoms with Crippen molar-refractivity contribution in [3.8, 4) is 0 Å². The van der Waals surface area contributed by atoms with Gasteiger partial charge in [-0.15, -0.1) is 0 Å². The van der Waals surface area contributed by atoms with Crippen molar-refractivity contribution in [1.82, 2.24) is 15.1 Å². The van der Waals surface area contributed by atoms with Crippen molar-refractivity contribution < 1.29 is 23.6 Å². The molecule has 31 heavy (non-hydrogen) atoms. The van der Waals surface area contributed by atoms with Crippen molar-refractivity contribution in [3.63, 3.8) is 0 Å². The quantitative estimate of drug-likeness (QED) is 0.546. The van der Waals surface area contributed by atoms with Crippen LogP contribution in [0.4, 0.5) is 26.2 Å². The smallest absolute Gasteiger partial charge is 0.414 e. The lowest BCUT2D eigenvalue weighted by Gasteiger charge is -2.21. The van der Waals surface area contributed by atoms with Gasteiger partial charge in [0.2, 0.25) is 5.91 Å². The number of anilines is 2. The van der Waals surface area contributed by atoms with E-state index in [1.165, 1.54) is 30.3 Å². The predicted octanol–water partition coefficient (Wildman–Crippen LogP) is 1.84. The van der Waals surface area contributed by atoms with E-state index in [-0.39, 0.29) is 30.7 Å². The highest BCUT2D eigenvalue weighted by Gasteiger charge is 2.33. The van der Waals surface area contributed by atoms with Crippen LogP contribution in [0.5, 0.6) is 0 Å². The van der Waals surface area contributed by atoms with Crippen LogP contribution in [0.2, 0.25) is 0 Å². The Morgan fingerprint density at radius 3 is 2.90 bits per heavy atom. The molecule has 0 radical (unpaired) electrons. The molecule has 2 atom stereocenters. The summed E-state index contributed by atoms with van der Waals surface area (Å²) in [4.78, 5) is 36.7. The Balaban J connectivity index is 1.42. The first-order chi connectivity index (χ1) is 14.8. The van der Waals surface area contributed by atoms with Gasteiger partial charge in [0.1, 0.15) is 24.3 Å². The molecule has 2 saturated heterocycles. The summed E-state index contributed by atoms with van der Waals surface area (Å²) >= 11 is 0. The van der Waals surface area contributed by atoms with Crippen molar-refractivity contribution in [2.75, 3.05) is 36.0 Å². The number of hydrogen-bond acceptors (Lipinski definition) is 7. The molecule has 2 aliphatic heterocycles. The van der Waals surface area contributed by atoms with Crippen molar-refractivity contribution >= 4 is 29.1 Å². The number of nitro groups is 1. The summed E-state index contributed by atoms with van der Waals surface area (Å²) in [5.74, 6) is -0.707. The summed E-state index contributed by atoms with van der Waals surface area (Å²) in [5.41, 5.74) is 0.675. The van der Waals surface area contributed by atoms with Gasteiger partial charge in [0, 0.05) is 20.0 Å². The predicted molar refractivity (Wildman–Crippen MR) is 107 cm³/mol. The lowest BCUT2D eigenvalue weighted by molar-refractivity contribution is -0.385. The molecular formula is C19H21FN6O5. The van der Waals surface area contributed by atoms with Crippen molar-refractivity contribution in [3.05, 3.63) is 46.5 Å². The number of benzene rings is 1. The summed E-state index contributed by atoms with van der Waals surface area (Å²) in [5, 5.41) is 17.5. The molecule has 1 aromatic carbocycles. The Kier molecular flexibility index (Phi) is 5.44. The van der Waals surface area contributed by atoms with E-state index in [9.17, 15) is 24.1 Å². The van der Waals surface area contributed by atoms with E-state index in [4.69, 9.17) is 4.74 Å². The maximum absolute atomic E-state index is 14.9. The molecule has 1 aromatic heterocycles. The number of amides is 2. The molecule has 2 aromatic rings. The number of halogens is 1. The first-order valence-corrected chi connectivity index (χ1v) is 9.77. The van der Waals surface area contributed by atoms with E-state index in [2.05, 4.69) is 10.4 Å². The van der Waals surface area contributed by atoms with Crippen LogP contribution in [0.15, 0.2) is 30.6 Å². The number of rotatable bonds is 6. The molecule has 0 bridgehead atoms. The topological polar surface area (TPSA) is 123 Å². The third kappa shape index (κ3) is 4.27. The third-order valence-corrected chi connectivity index (χ3v) is 5.37. The molecule has 4 rings (SSSR count). The number of nitrogens with zero attached hydrogens (tertiary/aromatic N) is 5. The lowest BCUT2D eigenvalue weighted by Crippen LogP contribution is -2.33. The SMILES string of the molecule is CC(=O)NC[C@H]1CN(c2ccc(N3CCC(n4cc([N+](=O)[O-])cn4)C3)c(F)c2)C(=O)O1. The lowest BCUT2D eigenvalue weighted by atomic mass is 10.2. The second kappa shape index (κ2) is 8.20. The van der Waals surface area contributed by atoms with E-state index in [1.54, 1.807) is 16.8 Å². The van der Waals surface area contributed by atoms with Gasteiger partial charge in [-0.05, 0) is 24.6 Å². The number of cyclic esters (lactones) is 1. The average molecular weight is 432 g/mol. The van der Waals surface area contributed by atoms with Gasteiger partial charge in [0.15, 0.2) is 0 Å². The van der Waals surface area contributed by atoms with Gasteiger partial charge in [0.05, 0.1) is 35.4 Å². The Bertz CT molecular complexity index is 1030. The third-order valence-electron chi connectivity index (χ3n) is 5.37. The number of nitrogens with one attached hydrogen (secondary N) is 1. The molecule has 2 fully saturated rings. The summed E-state index contributed by atoms with van der Waals surface area (Å²) < 4.78 is 21.6. The normalized spacial score (nSPS) is 20.8. The van der Waals surface area contributed by atoms with Crippen molar-refractivity contribution in [2.24, 2.45) is 0 Å².